The number of halogens is 2. The summed E-state index contributed by atoms with van der Waals surface area (Å²) in [5, 5.41) is 18.7. The molecule has 14 nitrogen and oxygen atoms in total. The minimum absolute atomic E-state index is 0.164. The molecule has 6 aliphatic rings. The number of rotatable bonds is 43. The molecular weight excluding hydrogens is 1920 g/mol. The van der Waals surface area contributed by atoms with Crippen molar-refractivity contribution in [3.05, 3.63) is 355 Å². The van der Waals surface area contributed by atoms with Gasteiger partial charge in [0.15, 0.2) is 100 Å². The van der Waals surface area contributed by atoms with Crippen molar-refractivity contribution in [2.45, 2.75) is 172 Å². The van der Waals surface area contributed by atoms with Crippen molar-refractivity contribution in [2.24, 2.45) is 0 Å². The number of pyridine rings is 6. The molecule has 2 N–H and O–H groups in total. The molecule has 6 aromatic heterocycles. The molecule has 0 aliphatic carbocycles. The van der Waals surface area contributed by atoms with E-state index in [1.165, 1.54) is 238 Å². The first-order chi connectivity index (χ1) is 71.4. The molecule has 12 heterocycles. The Labute approximate surface area is 892 Å². The molecule has 6 aliphatic heterocycles. The third-order valence-corrected chi connectivity index (χ3v) is 35.9. The second kappa shape index (κ2) is 55.6. The Kier molecular flexibility index (Phi) is 41.1. The van der Waals surface area contributed by atoms with Gasteiger partial charge in [-0.1, -0.05) is 162 Å². The lowest BCUT2D eigenvalue weighted by atomic mass is 9.90. The first kappa shape index (κ1) is 108. The van der Waals surface area contributed by atoms with Gasteiger partial charge in [0, 0.05) is 199 Å². The monoisotopic (exact) mass is 2070 g/mol. The van der Waals surface area contributed by atoms with Crippen LogP contribution in [-0.2, 0) is 65.0 Å². The predicted molar refractivity (Wildman–Crippen MR) is 625 cm³/mol. The maximum absolute atomic E-state index is 15.0. The average molecular weight is 2070 g/mol. The molecule has 0 saturated carbocycles. The van der Waals surface area contributed by atoms with Crippen LogP contribution in [0.4, 0.5) is 42.9 Å². The number of benzene rings is 6. The van der Waals surface area contributed by atoms with Gasteiger partial charge in [0.25, 0.3) is 0 Å². The average Bonchev–Trinajstić information content (AvgIpc) is 1.27. The van der Waals surface area contributed by atoms with Gasteiger partial charge in [-0.25, -0.2) is 18.3 Å². The fourth-order valence-electron chi connectivity index (χ4n) is 20.6. The van der Waals surface area contributed by atoms with Crippen molar-refractivity contribution in [3.8, 4) is 0 Å². The Balaban J connectivity index is 0.000000157. The van der Waals surface area contributed by atoms with Crippen molar-refractivity contribution >= 4 is 171 Å². The van der Waals surface area contributed by atoms with Gasteiger partial charge in [-0.05, 0) is 303 Å². The van der Waals surface area contributed by atoms with Crippen molar-refractivity contribution in [3.63, 3.8) is 0 Å². The van der Waals surface area contributed by atoms with E-state index >= 15 is 0 Å². The number of likely N-dealkylation sites (N-methyl/N-ethyl adjacent to an activating group) is 2. The Bertz CT molecular complexity index is 6050. The molecule has 2 fully saturated rings. The highest BCUT2D eigenvalue weighted by atomic mass is 33.1. The van der Waals surface area contributed by atoms with E-state index in [2.05, 4.69) is 347 Å². The number of aliphatic hydroxyl groups excluding tert-OH is 2. The van der Waals surface area contributed by atoms with E-state index in [1.54, 1.807) is 42.9 Å². The predicted octanol–water partition coefficient (Wildman–Crippen LogP) is 24.6. The molecule has 2 saturated heterocycles. The van der Waals surface area contributed by atoms with E-state index in [4.69, 9.17) is 0 Å². The zero-order valence-corrected chi connectivity index (χ0v) is 91.9. The summed E-state index contributed by atoms with van der Waals surface area (Å²) in [5.41, 5.74) is 35.5. The normalized spacial score (nSPS) is 14.6. The van der Waals surface area contributed by atoms with E-state index in [9.17, 15) is 19.0 Å². The summed E-state index contributed by atoms with van der Waals surface area (Å²) < 4.78 is 42.5. The van der Waals surface area contributed by atoms with Gasteiger partial charge in [0.2, 0.25) is 0 Å². The molecule has 0 atom stereocenters. The second-order valence-corrected chi connectivity index (χ2v) is 47.2. The Hall–Kier alpha value is -10.7. The highest BCUT2D eigenvalue weighted by Gasteiger charge is 2.28. The lowest BCUT2D eigenvalue weighted by molar-refractivity contribution is -0.720. The van der Waals surface area contributed by atoms with Crippen molar-refractivity contribution in [2.75, 3.05) is 156 Å². The zero-order valence-electron chi connectivity index (χ0n) is 87.0. The van der Waals surface area contributed by atoms with Gasteiger partial charge >= 0.3 is 11.9 Å². The maximum Gasteiger partial charge on any atom is 0.360 e. The fourth-order valence-corrected chi connectivity index (χ4v) is 26.4. The molecule has 146 heavy (non-hydrogen) atoms. The number of allylic oxidation sites excluding steroid dienone is 2. The Morgan fingerprint density at radius 3 is 0.952 bits per heavy atom. The zero-order chi connectivity index (χ0) is 101. The van der Waals surface area contributed by atoms with E-state index in [0.29, 0.717) is 26.2 Å². The van der Waals surface area contributed by atoms with Crippen molar-refractivity contribution in [1.82, 2.24) is 0 Å². The summed E-state index contributed by atoms with van der Waals surface area (Å²) in [6.45, 7) is 35.4. The summed E-state index contributed by atoms with van der Waals surface area (Å²) in [4.78, 5) is 14.5. The molecule has 0 spiro atoms. The van der Waals surface area contributed by atoms with Crippen LogP contribution in [0.5, 0.6) is 0 Å². The molecule has 18 rings (SSSR count). The van der Waals surface area contributed by atoms with E-state index in [0.717, 1.165) is 122 Å². The Morgan fingerprint density at radius 1 is 0.322 bits per heavy atom. The van der Waals surface area contributed by atoms with E-state index in [-0.39, 0.29) is 25.1 Å². The summed E-state index contributed by atoms with van der Waals surface area (Å²) in [6.07, 6.45) is 53.3. The van der Waals surface area contributed by atoms with Crippen LogP contribution in [0.3, 0.4) is 0 Å². The minimum atomic E-state index is -0.228. The van der Waals surface area contributed by atoms with Gasteiger partial charge in [0.05, 0.1) is 47.7 Å². The van der Waals surface area contributed by atoms with Crippen LogP contribution in [-0.4, -0.2) is 136 Å². The molecule has 0 amide bonds. The third-order valence-electron chi connectivity index (χ3n) is 28.8. The minimum Gasteiger partial charge on any atom is -0.395 e. The third kappa shape index (κ3) is 31.0. The van der Waals surface area contributed by atoms with Crippen molar-refractivity contribution < 1.29 is 46.4 Å². The van der Waals surface area contributed by atoms with Gasteiger partial charge in [0.1, 0.15) is 0 Å². The summed E-state index contributed by atoms with van der Waals surface area (Å²) in [5.74, 6) is 5.41. The van der Waals surface area contributed by atoms with Crippen molar-refractivity contribution in [1.29, 1.82) is 0 Å². The second-order valence-electron chi connectivity index (χ2n) is 39.1. The number of aryl methyl sites for hydroxylation is 14. The van der Waals surface area contributed by atoms with Crippen LogP contribution in [0.25, 0.3) is 71.9 Å². The van der Waals surface area contributed by atoms with Crippen LogP contribution in [0.1, 0.15) is 191 Å². The van der Waals surface area contributed by atoms with Crippen LogP contribution in [0.2, 0.25) is 0 Å². The quantitative estimate of drug-likeness (QED) is 0.0165. The lowest BCUT2D eigenvalue weighted by Crippen LogP contribution is -2.39. The smallest absolute Gasteiger partial charge is 0.360 e. The number of aromatic nitrogens is 6. The molecule has 0 unspecified atom stereocenters. The van der Waals surface area contributed by atoms with Gasteiger partial charge < -0.3 is 39.6 Å². The molecule has 762 valence electrons. The molecule has 6 aromatic carbocycles. The maximum atomic E-state index is 15.0. The highest BCUT2D eigenvalue weighted by Crippen LogP contribution is 2.40. The molecule has 12 aromatic rings. The first-order valence-electron chi connectivity index (χ1n) is 53.1. The van der Waals surface area contributed by atoms with Gasteiger partial charge in [-0.15, -0.1) is 8.78 Å². The van der Waals surface area contributed by atoms with Crippen LogP contribution < -0.4 is 56.8 Å². The fraction of sp³-hybridized carbons (Fsp3) is 0.371. The van der Waals surface area contributed by atoms with Crippen LogP contribution in [0, 0.1) is 39.6 Å². The van der Waals surface area contributed by atoms with E-state index < -0.39 is 0 Å². The number of nitrogens with zero attached hydrogens (tertiary/aromatic N) is 12. The lowest BCUT2D eigenvalue weighted by Gasteiger charge is -2.37. The summed E-state index contributed by atoms with van der Waals surface area (Å²) in [7, 11) is 11.2. The van der Waals surface area contributed by atoms with E-state index in [1.807, 2.05) is 79.9 Å². The number of anilines is 6. The van der Waals surface area contributed by atoms with Gasteiger partial charge in [-0.2, -0.15) is 9.13 Å². The number of aliphatic hydroxyl groups is 2. The summed E-state index contributed by atoms with van der Waals surface area (Å²) >= 11 is 0. The number of hydrogen-bond donors (Lipinski definition) is 2. The molecular formula is C124H150F2N12O2S6+6. The highest BCUT2D eigenvalue weighted by molar-refractivity contribution is 8.77. The number of hydrogen-bond acceptors (Lipinski definition) is 14. The molecule has 0 radical (unpaired) electrons. The Morgan fingerprint density at radius 2 is 0.630 bits per heavy atom. The van der Waals surface area contributed by atoms with Crippen LogP contribution in [0.15, 0.2) is 232 Å². The molecule has 0 bridgehead atoms. The molecule has 22 heteroatoms. The van der Waals surface area contributed by atoms with Crippen LogP contribution >= 0.6 is 64.8 Å². The SMILES string of the molecule is C/C(=C\c1ccc(N2CCCC2)cc1)c1cc[n+](CCSSCC[n+]2ccc(/C(C)=C/c3ccc(N4CCCC4)cc3)cc2)cc1.CCN(CCO)c1ccc(/C=C/c2cc[n+](CCSSCC[n+]3ccc(/C=C/c4ccc(N(CC)CCO)cc4C)cc3C)c(C)c2)c(C)c1.Fc1cc(/C=C/c2cc3c4c(c2)CCCN4CCC3)cc[n+]1CCSSCC[n+]1ccc(/C=C/c2cc3c4c(c2)CCCN4CCC3)cc1F. The largest absolute Gasteiger partial charge is 0.395 e. The summed E-state index contributed by atoms with van der Waals surface area (Å²) in [6, 6.07) is 65.5. The van der Waals surface area contributed by atoms with Gasteiger partial charge in [-0.3, -0.25) is 0 Å². The topological polar surface area (TPSA) is 83.2 Å². The standard InChI is InChI=1S/C42H46F2N4S2.C42H56N4O2S2.C40H48N4S2/c43-39-29-31(9-11-33-25-35-5-1-15-47-16-2-6-36(26-33)41(35)47)13-19-45(39)21-23-49-50-24-22-46-20-14-32(30-40(46)44)10-12-34-27-37-7-3-17-48-18-4-8-38(28-34)42(37)48;1-7-43(21-25-47)41-15-13-39(33(3)29-41)11-9-37-17-19-45(35(5)31-37)23-27-49-50-28-24-46-20-18-38(32-36(46)6)10-12-40-14-16-42(30-34(40)4)44(8-2)22-26-48;1-33(31-35-7-11-39(12-8-35)43-19-3-4-20-43)37-15-23-41(24-16-37)27-29-45-46-30-28-42-25-17-38(18-26-42)34(2)32-36-9-13-40(14-10-36)44-21-5-6-22-44/h9-14,19-20,25-30H,1-8,15-18,21-24H2;9-20,29-32,47-48H,7-8,21-28H2,1-6H3;7-18,23-26,31-32H,3-6,19-22,27-30H2,1-2H3/q3*+2. The first-order valence-corrected chi connectivity index (χ1v) is 60.5.